The number of rotatable bonds is 4. The van der Waals surface area contributed by atoms with Crippen LogP contribution < -0.4 is 10.1 Å². The maximum absolute atomic E-state index is 13.8. The van der Waals surface area contributed by atoms with Gasteiger partial charge in [-0.25, -0.2) is 9.37 Å². The molecule has 0 radical (unpaired) electrons. The van der Waals surface area contributed by atoms with E-state index in [1.165, 1.54) is 6.07 Å². The summed E-state index contributed by atoms with van der Waals surface area (Å²) < 4.78 is 25.0. The first-order valence-corrected chi connectivity index (χ1v) is 8.09. The number of amides is 1. The van der Waals surface area contributed by atoms with Crippen LogP contribution in [0.5, 0.6) is 5.75 Å². The second kappa shape index (κ2) is 6.26. The van der Waals surface area contributed by atoms with Crippen LogP contribution in [0.1, 0.15) is 54.5 Å². The number of hydrogen-bond donors (Lipinski definition) is 1. The van der Waals surface area contributed by atoms with E-state index < -0.39 is 11.9 Å². The Bertz CT molecular complexity index is 770. The van der Waals surface area contributed by atoms with Crippen LogP contribution in [0.3, 0.4) is 0 Å². The molecule has 0 bridgehead atoms. The van der Waals surface area contributed by atoms with Crippen molar-refractivity contribution in [1.82, 2.24) is 10.3 Å². The van der Waals surface area contributed by atoms with Crippen molar-refractivity contribution in [1.29, 1.82) is 0 Å². The highest BCUT2D eigenvalue weighted by Crippen LogP contribution is 2.38. The number of aromatic nitrogens is 1. The molecule has 0 saturated carbocycles. The Morgan fingerprint density at radius 2 is 2.17 bits per heavy atom. The van der Waals surface area contributed by atoms with E-state index in [0.717, 1.165) is 0 Å². The van der Waals surface area contributed by atoms with Crippen LogP contribution in [0.25, 0.3) is 0 Å². The fourth-order valence-corrected chi connectivity index (χ4v) is 2.90. The third kappa shape index (κ3) is 3.00. The first kappa shape index (κ1) is 16.5. The molecule has 6 heteroatoms. The van der Waals surface area contributed by atoms with E-state index in [9.17, 15) is 9.18 Å². The van der Waals surface area contributed by atoms with Gasteiger partial charge < -0.3 is 14.5 Å². The van der Waals surface area contributed by atoms with Gasteiger partial charge in [0.05, 0.1) is 11.7 Å². The monoisotopic (exact) mass is 332 g/mol. The van der Waals surface area contributed by atoms with Crippen LogP contribution in [0, 0.1) is 18.7 Å². The second-order valence-electron chi connectivity index (χ2n) is 6.55. The highest BCUT2D eigenvalue weighted by molar-refractivity contribution is 5.92. The van der Waals surface area contributed by atoms with Gasteiger partial charge in [0.15, 0.2) is 17.5 Å². The lowest BCUT2D eigenvalue weighted by Crippen LogP contribution is -2.34. The van der Waals surface area contributed by atoms with Crippen molar-refractivity contribution in [3.63, 3.8) is 0 Å². The number of carbonyl (C=O) groups is 1. The Labute approximate surface area is 140 Å². The molecule has 0 spiro atoms. The number of halogens is 1. The molecule has 0 unspecified atom stereocenters. The van der Waals surface area contributed by atoms with Gasteiger partial charge in [-0.2, -0.15) is 0 Å². The van der Waals surface area contributed by atoms with Gasteiger partial charge >= 0.3 is 0 Å². The molecule has 0 saturated heterocycles. The normalized spacial score (nSPS) is 19.2. The molecule has 1 aromatic heterocycles. The van der Waals surface area contributed by atoms with Gasteiger partial charge in [0, 0.05) is 12.0 Å². The Kier molecular flexibility index (Phi) is 4.30. The fraction of sp³-hybridized carbons (Fsp3) is 0.444. The number of aryl methyl sites for hydroxylation is 1. The highest BCUT2D eigenvalue weighted by atomic mass is 19.1. The average molecular weight is 332 g/mol. The Balaban J connectivity index is 1.81. The number of nitrogens with one attached hydrogen (secondary N) is 1. The Hall–Kier alpha value is -2.37. The number of oxazole rings is 1. The van der Waals surface area contributed by atoms with Crippen LogP contribution in [0.4, 0.5) is 4.39 Å². The molecule has 5 nitrogen and oxygen atoms in total. The molecule has 0 aliphatic carbocycles. The standard InChI is InChI=1S/C18H21FN2O3/c1-9(2)8-14-20-10(3)16(24-14)18(22)21-15-11(4)23-17-12(15)6-5-7-13(17)19/h5-7,9,11,15H,8H2,1-4H3,(H,21,22)/t11-,15+/m1/s1. The topological polar surface area (TPSA) is 64.4 Å². The van der Waals surface area contributed by atoms with E-state index in [1.807, 2.05) is 0 Å². The summed E-state index contributed by atoms with van der Waals surface area (Å²) in [4.78, 5) is 16.9. The summed E-state index contributed by atoms with van der Waals surface area (Å²) in [6.07, 6.45) is 0.310. The molecule has 1 aliphatic heterocycles. The van der Waals surface area contributed by atoms with Crippen LogP contribution >= 0.6 is 0 Å². The predicted molar refractivity (Wildman–Crippen MR) is 86.5 cm³/mol. The molecule has 0 fully saturated rings. The van der Waals surface area contributed by atoms with Gasteiger partial charge in [0.1, 0.15) is 6.10 Å². The number of nitrogens with zero attached hydrogens (tertiary/aromatic N) is 1. The van der Waals surface area contributed by atoms with E-state index in [0.29, 0.717) is 29.5 Å². The Morgan fingerprint density at radius 3 is 2.88 bits per heavy atom. The lowest BCUT2D eigenvalue weighted by molar-refractivity contribution is 0.0876. The zero-order valence-corrected chi connectivity index (χ0v) is 14.2. The first-order valence-electron chi connectivity index (χ1n) is 8.09. The van der Waals surface area contributed by atoms with Crippen molar-refractivity contribution in [3.8, 4) is 5.75 Å². The van der Waals surface area contributed by atoms with E-state index in [4.69, 9.17) is 9.15 Å². The van der Waals surface area contributed by atoms with E-state index >= 15 is 0 Å². The van der Waals surface area contributed by atoms with E-state index in [1.54, 1.807) is 26.0 Å². The Morgan fingerprint density at radius 1 is 1.42 bits per heavy atom. The summed E-state index contributed by atoms with van der Waals surface area (Å²) in [5.41, 5.74) is 1.18. The van der Waals surface area contributed by atoms with E-state index in [-0.39, 0.29) is 23.5 Å². The minimum atomic E-state index is -0.429. The third-order valence-electron chi connectivity index (χ3n) is 4.02. The number of fused-ring (bicyclic) bond motifs is 1. The van der Waals surface area contributed by atoms with Gasteiger partial charge in [0.2, 0.25) is 5.76 Å². The largest absolute Gasteiger partial charge is 0.485 e. The maximum Gasteiger partial charge on any atom is 0.289 e. The van der Waals surface area contributed by atoms with Crippen molar-refractivity contribution < 1.29 is 18.3 Å². The maximum atomic E-state index is 13.8. The summed E-state index contributed by atoms with van der Waals surface area (Å²) in [6, 6.07) is 4.27. The molecule has 24 heavy (non-hydrogen) atoms. The lowest BCUT2D eigenvalue weighted by Gasteiger charge is -2.16. The van der Waals surface area contributed by atoms with Crippen LogP contribution in [0.2, 0.25) is 0 Å². The number of ether oxygens (including phenoxy) is 1. The molecular weight excluding hydrogens is 311 g/mol. The zero-order chi connectivity index (χ0) is 17.4. The molecular formula is C18H21FN2O3. The van der Waals surface area contributed by atoms with Crippen LogP contribution in [-0.2, 0) is 6.42 Å². The predicted octanol–water partition coefficient (Wildman–Crippen LogP) is 3.57. The van der Waals surface area contributed by atoms with Crippen molar-refractivity contribution >= 4 is 5.91 Å². The SMILES string of the molecule is Cc1nc(CC(C)C)oc1C(=O)N[C@@H]1c2cccc(F)c2O[C@@H]1C. The zero-order valence-electron chi connectivity index (χ0n) is 14.2. The summed E-state index contributed by atoms with van der Waals surface area (Å²) in [7, 11) is 0. The van der Waals surface area contributed by atoms with Crippen molar-refractivity contribution in [3.05, 3.63) is 46.9 Å². The average Bonchev–Trinajstić information content (AvgIpc) is 3.01. The van der Waals surface area contributed by atoms with Crippen molar-refractivity contribution in [2.24, 2.45) is 5.92 Å². The molecule has 1 N–H and O–H groups in total. The van der Waals surface area contributed by atoms with Crippen LogP contribution in [0.15, 0.2) is 22.6 Å². The number of hydrogen-bond acceptors (Lipinski definition) is 4. The summed E-state index contributed by atoms with van der Waals surface area (Å²) in [5, 5.41) is 2.87. The highest BCUT2D eigenvalue weighted by Gasteiger charge is 2.35. The molecule has 1 aromatic carbocycles. The van der Waals surface area contributed by atoms with Gasteiger partial charge in [-0.05, 0) is 25.8 Å². The number of para-hydroxylation sites is 1. The molecule has 128 valence electrons. The van der Waals surface area contributed by atoms with Gasteiger partial charge in [-0.1, -0.05) is 26.0 Å². The van der Waals surface area contributed by atoms with Gasteiger partial charge in [-0.3, -0.25) is 4.79 Å². The molecule has 2 aromatic rings. The molecule has 1 amide bonds. The van der Waals surface area contributed by atoms with E-state index in [2.05, 4.69) is 24.1 Å². The summed E-state index contributed by atoms with van der Waals surface area (Å²) in [5.74, 6) is 0.540. The number of carbonyl (C=O) groups excluding carboxylic acids is 1. The third-order valence-corrected chi connectivity index (χ3v) is 4.02. The summed E-state index contributed by atoms with van der Waals surface area (Å²) in [6.45, 7) is 7.65. The van der Waals surface area contributed by atoms with Crippen molar-refractivity contribution in [2.75, 3.05) is 0 Å². The molecule has 1 aliphatic rings. The molecule has 2 atom stereocenters. The van der Waals surface area contributed by atoms with Crippen molar-refractivity contribution in [2.45, 2.75) is 46.3 Å². The van der Waals surface area contributed by atoms with Gasteiger partial charge in [-0.15, -0.1) is 0 Å². The minimum Gasteiger partial charge on any atom is -0.485 e. The van der Waals surface area contributed by atoms with Gasteiger partial charge in [0.25, 0.3) is 5.91 Å². The summed E-state index contributed by atoms with van der Waals surface area (Å²) >= 11 is 0. The number of benzene rings is 1. The smallest absolute Gasteiger partial charge is 0.289 e. The lowest BCUT2D eigenvalue weighted by atomic mass is 10.0. The minimum absolute atomic E-state index is 0.197. The molecule has 3 rings (SSSR count). The fourth-order valence-electron chi connectivity index (χ4n) is 2.90. The quantitative estimate of drug-likeness (QED) is 0.929. The first-order chi connectivity index (χ1) is 11.4. The van der Waals surface area contributed by atoms with Crippen LogP contribution in [-0.4, -0.2) is 17.0 Å². The second-order valence-corrected chi connectivity index (χ2v) is 6.55. The molecule has 2 heterocycles.